The van der Waals surface area contributed by atoms with Crippen LogP contribution >= 0.6 is 39.0 Å². The summed E-state index contributed by atoms with van der Waals surface area (Å²) >= 11 is 6.35. The number of hydrogen-bond donors (Lipinski definition) is 1. The SMILES string of the molecule is C=CCN(Cc1ccc(Br)s1)C(=O)CSc1nc(C)cc(N)n1. The van der Waals surface area contributed by atoms with Crippen molar-refractivity contribution >= 4 is 50.8 Å². The first-order valence-electron chi connectivity index (χ1n) is 6.84. The van der Waals surface area contributed by atoms with Crippen molar-refractivity contribution in [3.63, 3.8) is 0 Å². The topological polar surface area (TPSA) is 72.1 Å². The second kappa shape index (κ2) is 8.47. The Hall–Kier alpha value is -1.38. The number of nitrogens with zero attached hydrogens (tertiary/aromatic N) is 3. The first-order valence-corrected chi connectivity index (χ1v) is 9.44. The maximum absolute atomic E-state index is 12.5. The maximum atomic E-state index is 12.5. The average Bonchev–Trinajstić information content (AvgIpc) is 2.88. The van der Waals surface area contributed by atoms with E-state index in [9.17, 15) is 4.79 Å². The Bertz CT molecular complexity index is 684. The number of anilines is 1. The van der Waals surface area contributed by atoms with Gasteiger partial charge < -0.3 is 10.6 Å². The van der Waals surface area contributed by atoms with Gasteiger partial charge in [0, 0.05) is 23.2 Å². The summed E-state index contributed by atoms with van der Waals surface area (Å²) in [6.07, 6.45) is 1.73. The van der Waals surface area contributed by atoms with Crippen LogP contribution in [0.5, 0.6) is 0 Å². The molecule has 2 heterocycles. The van der Waals surface area contributed by atoms with Gasteiger partial charge in [0.15, 0.2) is 5.16 Å². The van der Waals surface area contributed by atoms with E-state index in [4.69, 9.17) is 5.73 Å². The van der Waals surface area contributed by atoms with Gasteiger partial charge >= 0.3 is 0 Å². The Morgan fingerprint density at radius 3 is 2.91 bits per heavy atom. The predicted molar refractivity (Wildman–Crippen MR) is 99.5 cm³/mol. The van der Waals surface area contributed by atoms with Crippen molar-refractivity contribution in [1.82, 2.24) is 14.9 Å². The monoisotopic (exact) mass is 412 g/mol. The van der Waals surface area contributed by atoms with Gasteiger partial charge in [0.05, 0.1) is 16.1 Å². The van der Waals surface area contributed by atoms with Crippen LogP contribution in [-0.2, 0) is 11.3 Å². The summed E-state index contributed by atoms with van der Waals surface area (Å²) in [7, 11) is 0. The molecule has 0 fully saturated rings. The molecule has 5 nitrogen and oxygen atoms in total. The molecule has 0 saturated heterocycles. The fourth-order valence-electron chi connectivity index (χ4n) is 1.88. The molecular formula is C15H17BrN4OS2. The van der Waals surface area contributed by atoms with E-state index in [1.54, 1.807) is 28.4 Å². The van der Waals surface area contributed by atoms with Gasteiger partial charge in [0.1, 0.15) is 5.82 Å². The van der Waals surface area contributed by atoms with Crippen LogP contribution in [0.3, 0.4) is 0 Å². The Kier molecular flexibility index (Phi) is 6.61. The van der Waals surface area contributed by atoms with E-state index in [1.165, 1.54) is 11.8 Å². The highest BCUT2D eigenvalue weighted by atomic mass is 79.9. The molecule has 8 heteroatoms. The number of hydrogen-bond acceptors (Lipinski definition) is 6. The van der Waals surface area contributed by atoms with Crippen molar-refractivity contribution in [3.8, 4) is 0 Å². The van der Waals surface area contributed by atoms with Gasteiger partial charge in [-0.2, -0.15) is 0 Å². The molecule has 2 aromatic rings. The summed E-state index contributed by atoms with van der Waals surface area (Å²) in [6.45, 7) is 6.65. The molecule has 1 amide bonds. The number of nitrogen functional groups attached to an aromatic ring is 1. The van der Waals surface area contributed by atoms with Crippen molar-refractivity contribution in [2.75, 3.05) is 18.0 Å². The van der Waals surface area contributed by atoms with Crippen molar-refractivity contribution in [2.45, 2.75) is 18.6 Å². The van der Waals surface area contributed by atoms with Gasteiger partial charge in [-0.3, -0.25) is 4.79 Å². The third-order valence-corrected chi connectivity index (χ3v) is 5.30. The zero-order chi connectivity index (χ0) is 16.8. The third-order valence-electron chi connectivity index (χ3n) is 2.86. The van der Waals surface area contributed by atoms with Gasteiger partial charge in [0.2, 0.25) is 5.91 Å². The first kappa shape index (κ1) is 18.0. The number of aryl methyl sites for hydroxylation is 1. The number of carbonyl (C=O) groups is 1. The Labute approximate surface area is 152 Å². The Morgan fingerprint density at radius 2 is 2.30 bits per heavy atom. The molecule has 0 atom stereocenters. The molecule has 2 rings (SSSR count). The van der Waals surface area contributed by atoms with Crippen molar-refractivity contribution in [2.24, 2.45) is 0 Å². The number of thioether (sulfide) groups is 1. The smallest absolute Gasteiger partial charge is 0.233 e. The van der Waals surface area contributed by atoms with Crippen LogP contribution in [0.1, 0.15) is 10.6 Å². The molecule has 2 aromatic heterocycles. The summed E-state index contributed by atoms with van der Waals surface area (Å²) in [6, 6.07) is 5.69. The molecule has 0 saturated carbocycles. The van der Waals surface area contributed by atoms with Crippen LogP contribution in [0, 0.1) is 6.92 Å². The van der Waals surface area contributed by atoms with E-state index in [1.807, 2.05) is 19.1 Å². The first-order chi connectivity index (χ1) is 11.0. The summed E-state index contributed by atoms with van der Waals surface area (Å²) in [5.74, 6) is 0.699. The largest absolute Gasteiger partial charge is 0.384 e. The van der Waals surface area contributed by atoms with E-state index in [2.05, 4.69) is 32.5 Å². The molecule has 23 heavy (non-hydrogen) atoms. The third kappa shape index (κ3) is 5.63. The number of aromatic nitrogens is 2. The second-order valence-corrected chi connectivity index (χ2v) is 8.26. The van der Waals surface area contributed by atoms with Crippen molar-refractivity contribution in [3.05, 3.63) is 45.2 Å². The molecule has 0 radical (unpaired) electrons. The van der Waals surface area contributed by atoms with Crippen molar-refractivity contribution in [1.29, 1.82) is 0 Å². The summed E-state index contributed by atoms with van der Waals surface area (Å²) < 4.78 is 1.05. The van der Waals surface area contributed by atoms with Crippen LogP contribution in [0.2, 0.25) is 0 Å². The molecule has 122 valence electrons. The number of nitrogens with two attached hydrogens (primary N) is 1. The van der Waals surface area contributed by atoms with Gasteiger partial charge in [-0.1, -0.05) is 17.8 Å². The lowest BCUT2D eigenvalue weighted by Crippen LogP contribution is -2.31. The lowest BCUT2D eigenvalue weighted by Gasteiger charge is -2.20. The zero-order valence-electron chi connectivity index (χ0n) is 12.7. The van der Waals surface area contributed by atoms with Gasteiger partial charge in [-0.15, -0.1) is 17.9 Å². The summed E-state index contributed by atoms with van der Waals surface area (Å²) in [5.41, 5.74) is 6.49. The highest BCUT2D eigenvalue weighted by Gasteiger charge is 2.15. The van der Waals surface area contributed by atoms with Crippen LogP contribution in [0.4, 0.5) is 5.82 Å². The number of amides is 1. The summed E-state index contributed by atoms with van der Waals surface area (Å²) in [4.78, 5) is 23.7. The van der Waals surface area contributed by atoms with E-state index in [-0.39, 0.29) is 11.7 Å². The quantitative estimate of drug-likeness (QED) is 0.427. The predicted octanol–water partition coefficient (Wildman–Crippen LogP) is 3.50. The number of rotatable bonds is 7. The number of thiophene rings is 1. The van der Waals surface area contributed by atoms with Gasteiger partial charge in [-0.05, 0) is 35.0 Å². The molecule has 0 bridgehead atoms. The van der Waals surface area contributed by atoms with Crippen LogP contribution in [0.25, 0.3) is 0 Å². The van der Waals surface area contributed by atoms with Crippen LogP contribution in [0.15, 0.2) is 39.8 Å². The van der Waals surface area contributed by atoms with Crippen LogP contribution in [-0.4, -0.2) is 33.1 Å². The normalized spacial score (nSPS) is 10.5. The molecule has 0 aliphatic heterocycles. The standard InChI is InChI=1S/C15H17BrN4OS2/c1-3-6-20(8-11-4-5-12(16)23-11)14(21)9-22-15-18-10(2)7-13(17)19-15/h3-5,7H,1,6,8-9H2,2H3,(H2,17,18,19). The molecule has 0 aliphatic rings. The lowest BCUT2D eigenvalue weighted by molar-refractivity contribution is -0.128. The van der Waals surface area contributed by atoms with E-state index in [0.29, 0.717) is 24.1 Å². The minimum Gasteiger partial charge on any atom is -0.384 e. The summed E-state index contributed by atoms with van der Waals surface area (Å²) in [5, 5.41) is 0.522. The van der Waals surface area contributed by atoms with E-state index >= 15 is 0 Å². The molecule has 2 N–H and O–H groups in total. The molecule has 0 spiro atoms. The Morgan fingerprint density at radius 1 is 1.52 bits per heavy atom. The molecule has 0 unspecified atom stereocenters. The molecule has 0 aromatic carbocycles. The minimum absolute atomic E-state index is 0.0168. The highest BCUT2D eigenvalue weighted by Crippen LogP contribution is 2.24. The second-order valence-electron chi connectivity index (χ2n) is 4.77. The fraction of sp³-hybridized carbons (Fsp3) is 0.267. The van der Waals surface area contributed by atoms with Crippen LogP contribution < -0.4 is 5.73 Å². The fourth-order valence-corrected chi connectivity index (χ4v) is 4.19. The average molecular weight is 413 g/mol. The van der Waals surface area contributed by atoms with E-state index in [0.717, 1.165) is 14.4 Å². The zero-order valence-corrected chi connectivity index (χ0v) is 15.9. The Balaban J connectivity index is 1.98. The highest BCUT2D eigenvalue weighted by molar-refractivity contribution is 9.11. The maximum Gasteiger partial charge on any atom is 0.233 e. The number of carbonyl (C=O) groups excluding carboxylic acids is 1. The van der Waals surface area contributed by atoms with Gasteiger partial charge in [0.25, 0.3) is 0 Å². The molecular weight excluding hydrogens is 396 g/mol. The van der Waals surface area contributed by atoms with Gasteiger partial charge in [-0.25, -0.2) is 9.97 Å². The van der Waals surface area contributed by atoms with Crippen molar-refractivity contribution < 1.29 is 4.79 Å². The van der Waals surface area contributed by atoms with E-state index < -0.39 is 0 Å². The minimum atomic E-state index is 0.0168. The lowest BCUT2D eigenvalue weighted by atomic mass is 10.4. The number of halogens is 1. The molecule has 0 aliphatic carbocycles.